The highest BCUT2D eigenvalue weighted by Gasteiger charge is 2.13. The summed E-state index contributed by atoms with van der Waals surface area (Å²) in [5.74, 6) is 0.727. The Hall–Kier alpha value is -3.30. The molecule has 9 heteroatoms. The number of aryl methyl sites for hydroxylation is 1. The van der Waals surface area contributed by atoms with Gasteiger partial charge >= 0.3 is 12.1 Å². The number of aliphatic hydroxyl groups is 1. The summed E-state index contributed by atoms with van der Waals surface area (Å²) in [7, 11) is 0. The van der Waals surface area contributed by atoms with Crippen molar-refractivity contribution < 1.29 is 19.4 Å². The first-order valence-electron chi connectivity index (χ1n) is 10.1. The molecule has 9 nitrogen and oxygen atoms in total. The molecule has 0 saturated heterocycles. The molecule has 2 rings (SSSR count). The van der Waals surface area contributed by atoms with E-state index in [4.69, 9.17) is 4.74 Å². The number of amides is 4. The number of hydrogen-bond acceptors (Lipinski definition) is 5. The van der Waals surface area contributed by atoms with Crippen molar-refractivity contribution in [3.05, 3.63) is 60.2 Å². The lowest BCUT2D eigenvalue weighted by atomic mass is 10.2. The second kappa shape index (κ2) is 12.4. The molecule has 0 aliphatic heterocycles. The minimum atomic E-state index is -0.741. The number of carbonyl (C=O) groups excluding carboxylic acids is 2. The van der Waals surface area contributed by atoms with Crippen molar-refractivity contribution in [2.24, 2.45) is 0 Å². The average Bonchev–Trinajstić information content (AvgIpc) is 2.72. The summed E-state index contributed by atoms with van der Waals surface area (Å²) in [5.41, 5.74) is 1.65. The van der Waals surface area contributed by atoms with Gasteiger partial charge in [-0.3, -0.25) is 5.32 Å². The maximum absolute atomic E-state index is 12.1. The molecule has 0 aromatic heterocycles. The van der Waals surface area contributed by atoms with Crippen LogP contribution in [-0.4, -0.2) is 48.8 Å². The van der Waals surface area contributed by atoms with E-state index in [2.05, 4.69) is 26.6 Å². The molecule has 0 radical (unpaired) electrons. The molecular weight excluding hydrogens is 398 g/mol. The Kier molecular flexibility index (Phi) is 9.60. The largest absolute Gasteiger partial charge is 0.491 e. The number of nitrogens with one attached hydrogen (secondary N) is 5. The van der Waals surface area contributed by atoms with Gasteiger partial charge in [0, 0.05) is 12.2 Å². The lowest BCUT2D eigenvalue weighted by Gasteiger charge is -2.21. The molecule has 2 aromatic rings. The Morgan fingerprint density at radius 3 is 2.23 bits per heavy atom. The lowest BCUT2D eigenvalue weighted by molar-refractivity contribution is 0.103. The van der Waals surface area contributed by atoms with Crippen molar-refractivity contribution in [3.63, 3.8) is 0 Å². The van der Waals surface area contributed by atoms with Gasteiger partial charge in [-0.05, 0) is 44.5 Å². The van der Waals surface area contributed by atoms with Crippen LogP contribution >= 0.6 is 0 Å². The minimum absolute atomic E-state index is 0.133. The Morgan fingerprint density at radius 1 is 0.903 bits per heavy atom. The van der Waals surface area contributed by atoms with Crippen LogP contribution in [0.2, 0.25) is 0 Å². The number of benzene rings is 2. The van der Waals surface area contributed by atoms with E-state index in [9.17, 15) is 14.7 Å². The molecule has 2 aromatic carbocycles. The molecule has 0 fully saturated rings. The molecule has 0 saturated carbocycles. The minimum Gasteiger partial charge on any atom is -0.491 e. The number of carbonyl (C=O) groups is 2. The first kappa shape index (κ1) is 24.0. The number of aliphatic hydroxyl groups excluding tert-OH is 1. The lowest BCUT2D eigenvalue weighted by Crippen LogP contribution is -2.55. The SMILES string of the molecule is Cc1ccccc1OCC(O)CNC(C)NC(=O)NC(C)NC(=O)Nc1ccccc1. The van der Waals surface area contributed by atoms with Gasteiger partial charge in [-0.15, -0.1) is 0 Å². The fraction of sp³-hybridized carbons (Fsp3) is 0.364. The standard InChI is InChI=1S/C22H31N5O4/c1-15-9-7-8-12-20(15)31-14-19(28)13-23-16(2)24-21(29)25-17(3)26-22(30)27-18-10-5-4-6-11-18/h4-12,16-17,19,23,28H,13-14H2,1-3H3,(H2,24,25,29)(H2,26,27,30). The fourth-order valence-corrected chi connectivity index (χ4v) is 2.68. The van der Waals surface area contributed by atoms with Crippen molar-refractivity contribution in [3.8, 4) is 5.75 Å². The monoisotopic (exact) mass is 429 g/mol. The third-order valence-electron chi connectivity index (χ3n) is 4.26. The van der Waals surface area contributed by atoms with Gasteiger partial charge in [0.1, 0.15) is 24.6 Å². The van der Waals surface area contributed by atoms with Crippen LogP contribution in [0.5, 0.6) is 5.75 Å². The number of anilines is 1. The predicted octanol–water partition coefficient (Wildman–Crippen LogP) is 2.14. The molecule has 3 unspecified atom stereocenters. The summed E-state index contributed by atoms with van der Waals surface area (Å²) in [5, 5.41) is 23.7. The normalized spacial score (nSPS) is 13.4. The maximum atomic E-state index is 12.1. The highest BCUT2D eigenvalue weighted by Crippen LogP contribution is 2.16. The fourth-order valence-electron chi connectivity index (χ4n) is 2.68. The van der Waals surface area contributed by atoms with Crippen LogP contribution in [0.15, 0.2) is 54.6 Å². The van der Waals surface area contributed by atoms with Gasteiger partial charge in [-0.2, -0.15) is 0 Å². The zero-order chi connectivity index (χ0) is 22.6. The quantitative estimate of drug-likeness (QED) is 0.323. The molecular formula is C22H31N5O4. The highest BCUT2D eigenvalue weighted by molar-refractivity contribution is 5.89. The van der Waals surface area contributed by atoms with E-state index in [-0.39, 0.29) is 13.2 Å². The predicted molar refractivity (Wildman–Crippen MR) is 120 cm³/mol. The Bertz CT molecular complexity index is 834. The number of hydrogen-bond donors (Lipinski definition) is 6. The topological polar surface area (TPSA) is 124 Å². The highest BCUT2D eigenvalue weighted by atomic mass is 16.5. The summed E-state index contributed by atoms with van der Waals surface area (Å²) in [6.45, 7) is 5.70. The van der Waals surface area contributed by atoms with Crippen molar-refractivity contribution in [2.45, 2.75) is 39.2 Å². The summed E-state index contributed by atoms with van der Waals surface area (Å²) < 4.78 is 5.61. The number of ether oxygens (including phenoxy) is 1. The molecule has 0 bridgehead atoms. The molecule has 4 amide bonds. The molecule has 0 aliphatic carbocycles. The Balaban J connectivity index is 1.62. The second-order valence-corrected chi connectivity index (χ2v) is 7.16. The smallest absolute Gasteiger partial charge is 0.320 e. The Morgan fingerprint density at radius 2 is 1.52 bits per heavy atom. The number of para-hydroxylation sites is 2. The van der Waals surface area contributed by atoms with Gasteiger partial charge in [0.2, 0.25) is 0 Å². The molecule has 3 atom stereocenters. The van der Waals surface area contributed by atoms with Crippen LogP contribution in [0.1, 0.15) is 19.4 Å². The van der Waals surface area contributed by atoms with Crippen molar-refractivity contribution in [1.82, 2.24) is 21.3 Å². The summed E-state index contributed by atoms with van der Waals surface area (Å²) in [4.78, 5) is 24.0. The van der Waals surface area contributed by atoms with Gasteiger partial charge in [-0.1, -0.05) is 36.4 Å². The first-order valence-corrected chi connectivity index (χ1v) is 10.1. The van der Waals surface area contributed by atoms with Crippen molar-refractivity contribution in [1.29, 1.82) is 0 Å². The van der Waals surface area contributed by atoms with Gasteiger partial charge in [0.15, 0.2) is 0 Å². The zero-order valence-electron chi connectivity index (χ0n) is 18.0. The molecule has 0 heterocycles. The molecule has 0 spiro atoms. The van der Waals surface area contributed by atoms with E-state index in [1.807, 2.05) is 49.4 Å². The molecule has 0 aliphatic rings. The molecule has 31 heavy (non-hydrogen) atoms. The second-order valence-electron chi connectivity index (χ2n) is 7.16. The maximum Gasteiger partial charge on any atom is 0.320 e. The average molecular weight is 430 g/mol. The van der Waals surface area contributed by atoms with E-state index in [1.165, 1.54) is 0 Å². The molecule has 6 N–H and O–H groups in total. The zero-order valence-corrected chi connectivity index (χ0v) is 18.0. The number of urea groups is 2. The third-order valence-corrected chi connectivity index (χ3v) is 4.26. The van der Waals surface area contributed by atoms with Gasteiger partial charge in [0.05, 0.1) is 6.17 Å². The summed E-state index contributed by atoms with van der Waals surface area (Å²) in [6.07, 6.45) is -1.74. The van der Waals surface area contributed by atoms with E-state index >= 15 is 0 Å². The van der Waals surface area contributed by atoms with Gasteiger partial charge in [-0.25, -0.2) is 9.59 Å². The van der Waals surface area contributed by atoms with Crippen molar-refractivity contribution in [2.75, 3.05) is 18.5 Å². The van der Waals surface area contributed by atoms with Crippen LogP contribution in [0, 0.1) is 6.92 Å². The van der Waals surface area contributed by atoms with E-state index in [1.54, 1.807) is 26.0 Å². The third kappa shape index (κ3) is 9.37. The summed E-state index contributed by atoms with van der Waals surface area (Å²) >= 11 is 0. The Labute approximate surface area is 182 Å². The van der Waals surface area contributed by atoms with Crippen LogP contribution in [0.3, 0.4) is 0 Å². The van der Waals surface area contributed by atoms with E-state index < -0.39 is 30.5 Å². The first-order chi connectivity index (χ1) is 14.8. The number of rotatable bonds is 10. The van der Waals surface area contributed by atoms with E-state index in [0.29, 0.717) is 5.69 Å². The van der Waals surface area contributed by atoms with E-state index in [0.717, 1.165) is 11.3 Å². The van der Waals surface area contributed by atoms with Crippen LogP contribution in [0.25, 0.3) is 0 Å². The van der Waals surface area contributed by atoms with Crippen LogP contribution < -0.4 is 31.3 Å². The van der Waals surface area contributed by atoms with Gasteiger partial charge < -0.3 is 31.1 Å². The van der Waals surface area contributed by atoms with Gasteiger partial charge in [0.25, 0.3) is 0 Å². The summed E-state index contributed by atoms with van der Waals surface area (Å²) in [6, 6.07) is 15.7. The molecule has 168 valence electrons. The van der Waals surface area contributed by atoms with Crippen molar-refractivity contribution >= 4 is 17.7 Å². The van der Waals surface area contributed by atoms with Crippen LogP contribution in [0.4, 0.5) is 15.3 Å². The van der Waals surface area contributed by atoms with Crippen LogP contribution in [-0.2, 0) is 0 Å².